The highest BCUT2D eigenvalue weighted by molar-refractivity contribution is 9.10. The molecule has 0 bridgehead atoms. The lowest BCUT2D eigenvalue weighted by atomic mass is 10.2. The second-order valence-corrected chi connectivity index (χ2v) is 7.53. The number of aromatic hydroxyl groups is 1. The largest absolute Gasteiger partial charge is 0.493 e. The number of aromatic amines is 1. The Morgan fingerprint density at radius 3 is 2.80 bits per heavy atom. The number of carbonyl (C=O) groups is 1. The molecule has 0 aliphatic carbocycles. The van der Waals surface area contributed by atoms with Crippen LogP contribution in [-0.2, 0) is 4.79 Å². The van der Waals surface area contributed by atoms with Gasteiger partial charge in [0, 0.05) is 15.4 Å². The lowest BCUT2D eigenvalue weighted by Gasteiger charge is -2.02. The van der Waals surface area contributed by atoms with Crippen molar-refractivity contribution in [3.8, 4) is 17.1 Å². The number of amides is 1. The van der Waals surface area contributed by atoms with Gasteiger partial charge < -0.3 is 15.4 Å². The number of benzene rings is 1. The molecule has 128 valence electrons. The van der Waals surface area contributed by atoms with Gasteiger partial charge in [-0.15, -0.1) is 11.3 Å². The van der Waals surface area contributed by atoms with Gasteiger partial charge in [0.2, 0.25) is 11.8 Å². The zero-order valence-corrected chi connectivity index (χ0v) is 15.7. The molecule has 7 nitrogen and oxygen atoms in total. The smallest absolute Gasteiger partial charge is 0.255 e. The molecule has 0 aliphatic heterocycles. The third kappa shape index (κ3) is 4.91. The highest BCUT2D eigenvalue weighted by Crippen LogP contribution is 2.26. The molecule has 0 radical (unpaired) electrons. The second-order valence-electron chi connectivity index (χ2n) is 4.79. The van der Waals surface area contributed by atoms with Gasteiger partial charge in [-0.25, -0.2) is 4.98 Å². The van der Waals surface area contributed by atoms with Crippen LogP contribution in [0.1, 0.15) is 0 Å². The molecule has 3 rings (SSSR count). The van der Waals surface area contributed by atoms with Crippen molar-refractivity contribution in [1.82, 2.24) is 15.0 Å². The fraction of sp³-hybridized carbons (Fsp3) is 0.0667. The lowest BCUT2D eigenvalue weighted by Crippen LogP contribution is -2.15. The molecule has 1 aromatic carbocycles. The molecule has 0 unspecified atom stereocenters. The van der Waals surface area contributed by atoms with Crippen LogP contribution >= 0.6 is 39.0 Å². The minimum absolute atomic E-state index is 0.0274. The van der Waals surface area contributed by atoms with Crippen LogP contribution in [0.2, 0.25) is 0 Å². The molecule has 10 heteroatoms. The van der Waals surface area contributed by atoms with Gasteiger partial charge in [-0.1, -0.05) is 39.8 Å². The van der Waals surface area contributed by atoms with Crippen LogP contribution in [0.15, 0.2) is 50.1 Å². The fourth-order valence-corrected chi connectivity index (χ4v) is 3.54. The van der Waals surface area contributed by atoms with E-state index in [1.807, 2.05) is 29.6 Å². The maximum atomic E-state index is 12.0. The average Bonchev–Trinajstić information content (AvgIpc) is 3.01. The summed E-state index contributed by atoms with van der Waals surface area (Å²) >= 11 is 5.72. The van der Waals surface area contributed by atoms with Crippen LogP contribution < -0.4 is 10.9 Å². The van der Waals surface area contributed by atoms with Crippen molar-refractivity contribution in [2.24, 2.45) is 0 Å². The third-order valence-electron chi connectivity index (χ3n) is 2.94. The van der Waals surface area contributed by atoms with E-state index in [0.29, 0.717) is 5.13 Å². The van der Waals surface area contributed by atoms with Crippen molar-refractivity contribution in [2.75, 3.05) is 11.1 Å². The Balaban J connectivity index is 1.60. The summed E-state index contributed by atoms with van der Waals surface area (Å²) in [6, 6.07) is 8.68. The van der Waals surface area contributed by atoms with Crippen molar-refractivity contribution in [1.29, 1.82) is 0 Å². The number of hydrogen-bond donors (Lipinski definition) is 3. The molecule has 0 saturated carbocycles. The number of halogens is 1. The summed E-state index contributed by atoms with van der Waals surface area (Å²) < 4.78 is 0.982. The van der Waals surface area contributed by atoms with Gasteiger partial charge in [0.1, 0.15) is 0 Å². The summed E-state index contributed by atoms with van der Waals surface area (Å²) in [6.45, 7) is 0. The van der Waals surface area contributed by atoms with Gasteiger partial charge in [0.05, 0.1) is 17.5 Å². The number of rotatable bonds is 5. The monoisotopic (exact) mass is 438 g/mol. The van der Waals surface area contributed by atoms with Crippen LogP contribution in [-0.4, -0.2) is 31.7 Å². The number of thioether (sulfide) groups is 1. The van der Waals surface area contributed by atoms with Crippen molar-refractivity contribution in [3.05, 3.63) is 50.5 Å². The zero-order valence-electron chi connectivity index (χ0n) is 12.5. The number of H-pyrrole nitrogens is 1. The topological polar surface area (TPSA) is 108 Å². The van der Waals surface area contributed by atoms with Crippen LogP contribution in [0.25, 0.3) is 11.3 Å². The molecule has 0 atom stereocenters. The average molecular weight is 439 g/mol. The molecular formula is C15H11BrN4O3S2. The van der Waals surface area contributed by atoms with Crippen LogP contribution in [0, 0.1) is 0 Å². The Labute approximate surface area is 158 Å². The fourth-order valence-electron chi connectivity index (χ4n) is 1.87. The maximum absolute atomic E-state index is 12.0. The molecule has 0 spiro atoms. The normalized spacial score (nSPS) is 10.6. The van der Waals surface area contributed by atoms with E-state index in [9.17, 15) is 14.7 Å². The number of nitrogens with zero attached hydrogens (tertiary/aromatic N) is 2. The third-order valence-corrected chi connectivity index (χ3v) is 5.10. The van der Waals surface area contributed by atoms with E-state index in [0.717, 1.165) is 33.6 Å². The number of hydrogen-bond acceptors (Lipinski definition) is 7. The molecule has 1 amide bonds. The zero-order chi connectivity index (χ0) is 17.8. The van der Waals surface area contributed by atoms with Gasteiger partial charge in [0.25, 0.3) is 5.56 Å². The Kier molecular flexibility index (Phi) is 5.51. The minimum Gasteiger partial charge on any atom is -0.493 e. The summed E-state index contributed by atoms with van der Waals surface area (Å²) in [5.41, 5.74) is 1.25. The van der Waals surface area contributed by atoms with Gasteiger partial charge in [0.15, 0.2) is 10.3 Å². The Bertz CT molecular complexity index is 956. The molecule has 3 aromatic rings. The highest BCUT2D eigenvalue weighted by Gasteiger charge is 2.10. The van der Waals surface area contributed by atoms with E-state index in [4.69, 9.17) is 0 Å². The molecule has 3 N–H and O–H groups in total. The van der Waals surface area contributed by atoms with Crippen LogP contribution in [0.3, 0.4) is 0 Å². The van der Waals surface area contributed by atoms with Gasteiger partial charge in [-0.05, 0) is 12.1 Å². The van der Waals surface area contributed by atoms with E-state index >= 15 is 0 Å². The number of aromatic nitrogens is 3. The van der Waals surface area contributed by atoms with Crippen LogP contribution in [0.5, 0.6) is 5.88 Å². The predicted octanol–water partition coefficient (Wildman–Crippen LogP) is 3.09. The Morgan fingerprint density at radius 2 is 2.08 bits per heavy atom. The van der Waals surface area contributed by atoms with Crippen molar-refractivity contribution >= 4 is 50.1 Å². The van der Waals surface area contributed by atoms with Crippen molar-refractivity contribution < 1.29 is 9.90 Å². The predicted molar refractivity (Wildman–Crippen MR) is 101 cm³/mol. The van der Waals surface area contributed by atoms with Gasteiger partial charge >= 0.3 is 0 Å². The molecule has 2 aromatic heterocycles. The Hall–Kier alpha value is -2.17. The number of carbonyl (C=O) groups excluding carboxylic acids is 1. The van der Waals surface area contributed by atoms with Gasteiger partial charge in [-0.3, -0.25) is 9.59 Å². The summed E-state index contributed by atoms with van der Waals surface area (Å²) in [5, 5.41) is 14.5. The standard InChI is InChI=1S/C15H11BrN4O3S2/c16-9-3-1-8(2-4-9)10-6-24-14(17-10)20-13(23)7-25-15-18-11(21)5-12(22)19-15/h1-6H,7H2,(H,17,20,23)(H2,18,19,21,22). The number of thiazole rings is 1. The Morgan fingerprint density at radius 1 is 1.32 bits per heavy atom. The molecule has 0 saturated heterocycles. The quantitative estimate of drug-likeness (QED) is 0.417. The second kappa shape index (κ2) is 7.81. The van der Waals surface area contributed by atoms with E-state index in [1.165, 1.54) is 11.3 Å². The molecule has 25 heavy (non-hydrogen) atoms. The minimum atomic E-state index is -0.477. The van der Waals surface area contributed by atoms with E-state index in [2.05, 4.69) is 36.2 Å². The summed E-state index contributed by atoms with van der Waals surface area (Å²) in [7, 11) is 0. The molecule has 2 heterocycles. The first-order chi connectivity index (χ1) is 12.0. The first-order valence-corrected chi connectivity index (χ1v) is 9.60. The summed E-state index contributed by atoms with van der Waals surface area (Å²) in [6.07, 6.45) is 0. The molecular weight excluding hydrogens is 428 g/mol. The number of anilines is 1. The van der Waals surface area contributed by atoms with E-state index < -0.39 is 5.56 Å². The van der Waals surface area contributed by atoms with Crippen molar-refractivity contribution in [3.63, 3.8) is 0 Å². The maximum Gasteiger partial charge on any atom is 0.255 e. The first-order valence-electron chi connectivity index (χ1n) is 6.94. The first kappa shape index (κ1) is 17.6. The summed E-state index contributed by atoms with van der Waals surface area (Å²) in [5.74, 6) is -0.641. The number of nitrogens with one attached hydrogen (secondary N) is 2. The molecule has 0 fully saturated rings. The van der Waals surface area contributed by atoms with Crippen LogP contribution in [0.4, 0.5) is 5.13 Å². The SMILES string of the molecule is O=C(CSc1nc(O)cc(=O)[nH]1)Nc1nc(-c2ccc(Br)cc2)cs1. The highest BCUT2D eigenvalue weighted by atomic mass is 79.9. The van der Waals surface area contributed by atoms with Crippen molar-refractivity contribution in [2.45, 2.75) is 5.16 Å². The molecule has 0 aliphatic rings. The summed E-state index contributed by atoms with van der Waals surface area (Å²) in [4.78, 5) is 33.8. The lowest BCUT2D eigenvalue weighted by molar-refractivity contribution is -0.113. The van der Waals surface area contributed by atoms with E-state index in [-0.39, 0.29) is 22.7 Å². The van der Waals surface area contributed by atoms with E-state index in [1.54, 1.807) is 0 Å². The van der Waals surface area contributed by atoms with Gasteiger partial charge in [-0.2, -0.15) is 4.98 Å².